The number of benzene rings is 3. The van der Waals surface area contributed by atoms with E-state index in [0.29, 0.717) is 5.92 Å². The first-order valence-electron chi connectivity index (χ1n) is 11.0. The predicted molar refractivity (Wildman–Crippen MR) is 154 cm³/mol. The van der Waals surface area contributed by atoms with Crippen LogP contribution < -0.4 is 15.6 Å². The van der Waals surface area contributed by atoms with Crippen LogP contribution in [0.1, 0.15) is 37.0 Å². The maximum Gasteiger partial charge on any atom is 0.144 e. The summed E-state index contributed by atoms with van der Waals surface area (Å²) in [6, 6.07) is 27.6. The van der Waals surface area contributed by atoms with E-state index >= 15 is 0 Å². The van der Waals surface area contributed by atoms with Gasteiger partial charge in [-0.25, -0.2) is 5.20 Å². The van der Waals surface area contributed by atoms with Gasteiger partial charge in [-0.15, -0.1) is 43.6 Å². The summed E-state index contributed by atoms with van der Waals surface area (Å²) >= 11 is 0. The minimum Gasteiger partial charge on any atom is -0.272 e. The van der Waals surface area contributed by atoms with Gasteiger partial charge in [0.1, 0.15) is 8.07 Å². The molecule has 0 saturated carbocycles. The smallest absolute Gasteiger partial charge is 0.144 e. The molecule has 34 heavy (non-hydrogen) atoms. The number of halogens is 3. The molecule has 180 valence electrons. The summed E-state index contributed by atoms with van der Waals surface area (Å²) in [7, 11) is -2.47. The fourth-order valence-corrected chi connectivity index (χ4v) is 10.3. The van der Waals surface area contributed by atoms with Gasteiger partial charge in [0.2, 0.25) is 0 Å². The zero-order chi connectivity index (χ0) is 21.3. The molecule has 0 heterocycles. The maximum atomic E-state index is 3.87. The molecule has 0 amide bonds. The first kappa shape index (κ1) is 32.9. The molecule has 5 heteroatoms. The Kier molecular flexibility index (Phi) is 13.4. The van der Waals surface area contributed by atoms with E-state index in [1.54, 1.807) is 0 Å². The summed E-state index contributed by atoms with van der Waals surface area (Å²) in [5, 5.41) is 5.82. The molecule has 0 aromatic heterocycles. The van der Waals surface area contributed by atoms with Gasteiger partial charge in [0.05, 0.1) is 0 Å². The van der Waals surface area contributed by atoms with Crippen molar-refractivity contribution in [3.05, 3.63) is 112 Å². The Morgan fingerprint density at radius 2 is 1.06 bits per heavy atom. The number of rotatable bonds is 5. The molecule has 0 radical (unpaired) electrons. The van der Waals surface area contributed by atoms with Crippen molar-refractivity contribution in [3.8, 4) is 0 Å². The average Bonchev–Trinajstić information content (AvgIpc) is 3.19. The van der Waals surface area contributed by atoms with Gasteiger partial charge in [0.25, 0.3) is 0 Å². The van der Waals surface area contributed by atoms with Crippen LogP contribution in [0.25, 0.3) is 0 Å². The van der Waals surface area contributed by atoms with E-state index in [1.165, 1.54) is 43.0 Å². The minimum absolute atomic E-state index is 0. The van der Waals surface area contributed by atoms with Crippen molar-refractivity contribution in [1.29, 1.82) is 0 Å². The van der Waals surface area contributed by atoms with E-state index in [2.05, 4.69) is 120 Å². The fourth-order valence-electron chi connectivity index (χ4n) is 4.91. The number of hydrogen-bond donors (Lipinski definition) is 0. The second-order valence-electron chi connectivity index (χ2n) is 8.93. The Hall–Kier alpha value is -1.06. The summed E-state index contributed by atoms with van der Waals surface area (Å²) in [4.78, 5) is 0. The normalized spacial score (nSPS) is 12.4. The molecule has 1 aliphatic carbocycles. The monoisotopic (exact) mass is 563 g/mol. The van der Waals surface area contributed by atoms with Crippen LogP contribution in [-0.2, 0) is 21.7 Å². The molecule has 1 aliphatic rings. The zero-order valence-electron chi connectivity index (χ0n) is 20.5. The molecule has 0 spiro atoms. The minimum atomic E-state index is -2.47. The summed E-state index contributed by atoms with van der Waals surface area (Å²) in [5.41, 5.74) is 5.43. The van der Waals surface area contributed by atoms with Crippen molar-refractivity contribution in [3.63, 3.8) is 0 Å². The standard InChI is InChI=1S/C29H31Si.3ClH.Ti/c1-21(2)28-16-9-17-29(28)30(25-13-6-10-22(3)18-25,26-14-7-11-23(4)19-26)27-15-8-12-24(5)20-27;;;;/h6-8,10-16,18-21H,9H2,1-5H3;3*1H;/q-1;;;;. The van der Waals surface area contributed by atoms with Crippen LogP contribution in [0.2, 0.25) is 0 Å². The van der Waals surface area contributed by atoms with Crippen LogP contribution in [0.5, 0.6) is 0 Å². The molecule has 0 aliphatic heterocycles. The van der Waals surface area contributed by atoms with Gasteiger partial charge >= 0.3 is 0 Å². The van der Waals surface area contributed by atoms with Crippen molar-refractivity contribution in [1.82, 2.24) is 0 Å². The van der Waals surface area contributed by atoms with E-state index < -0.39 is 8.07 Å². The van der Waals surface area contributed by atoms with Gasteiger partial charge in [-0.2, -0.15) is 11.6 Å². The third-order valence-corrected chi connectivity index (χ3v) is 11.0. The Balaban J connectivity index is 0.00000272. The largest absolute Gasteiger partial charge is 0.272 e. The molecule has 3 aromatic rings. The molecule has 0 fully saturated rings. The first-order chi connectivity index (χ1) is 14.4. The van der Waals surface area contributed by atoms with Crippen LogP contribution in [-0.4, -0.2) is 8.07 Å². The summed E-state index contributed by atoms with van der Waals surface area (Å²) < 4.78 is 0. The van der Waals surface area contributed by atoms with Gasteiger partial charge in [0.15, 0.2) is 0 Å². The number of allylic oxidation sites excluding steroid dienone is 4. The Labute approximate surface area is 240 Å². The molecular weight excluding hydrogens is 531 g/mol. The topological polar surface area (TPSA) is 0 Å². The molecule has 3 aromatic carbocycles. The molecule has 0 unspecified atom stereocenters. The number of hydrogen-bond acceptors (Lipinski definition) is 0. The number of aryl methyl sites for hydroxylation is 3. The molecule has 0 nitrogen and oxygen atoms in total. The SMILES string of the molecule is Cc1cccc([Si](C2=[C-]CC=C2C(C)C)(c2cccc(C)c2)c2cccc(C)c2)c1.Cl.Cl.Cl.[Ti]. The molecule has 0 N–H and O–H groups in total. The van der Waals surface area contributed by atoms with E-state index in [1.807, 2.05) is 0 Å². The van der Waals surface area contributed by atoms with Gasteiger partial charge < -0.3 is 0 Å². The first-order valence-corrected chi connectivity index (χ1v) is 13.0. The van der Waals surface area contributed by atoms with Crippen LogP contribution in [0, 0.1) is 32.8 Å². The molecule has 4 rings (SSSR count). The van der Waals surface area contributed by atoms with Crippen LogP contribution in [0.3, 0.4) is 0 Å². The second-order valence-corrected chi connectivity index (χ2v) is 12.7. The van der Waals surface area contributed by atoms with E-state index in [9.17, 15) is 0 Å². The van der Waals surface area contributed by atoms with Crippen LogP contribution in [0.4, 0.5) is 0 Å². The molecule has 0 atom stereocenters. The van der Waals surface area contributed by atoms with Crippen molar-refractivity contribution in [2.24, 2.45) is 5.92 Å². The zero-order valence-corrected chi connectivity index (χ0v) is 25.5. The van der Waals surface area contributed by atoms with Crippen molar-refractivity contribution < 1.29 is 21.7 Å². The average molecular weight is 565 g/mol. The van der Waals surface area contributed by atoms with Gasteiger partial charge in [-0.05, 0) is 36.3 Å². The second kappa shape index (κ2) is 13.9. The Bertz CT molecular complexity index is 1040. The quantitative estimate of drug-likeness (QED) is 0.186. The fraction of sp³-hybridized carbons (Fsp3) is 0.241. The van der Waals surface area contributed by atoms with Crippen LogP contribution >= 0.6 is 37.2 Å². The van der Waals surface area contributed by atoms with E-state index in [-0.39, 0.29) is 58.9 Å². The Morgan fingerprint density at radius 3 is 1.38 bits per heavy atom. The third kappa shape index (κ3) is 6.19. The summed E-state index contributed by atoms with van der Waals surface area (Å²) in [6.45, 7) is 11.3. The van der Waals surface area contributed by atoms with Crippen molar-refractivity contribution in [2.45, 2.75) is 41.0 Å². The Morgan fingerprint density at radius 1 is 0.676 bits per heavy atom. The van der Waals surface area contributed by atoms with E-state index in [4.69, 9.17) is 0 Å². The van der Waals surface area contributed by atoms with Crippen molar-refractivity contribution >= 4 is 60.9 Å². The molecular formula is C29H34Cl3SiTi-. The molecule has 0 saturated heterocycles. The van der Waals surface area contributed by atoms with E-state index in [0.717, 1.165) is 6.42 Å². The van der Waals surface area contributed by atoms with Crippen LogP contribution in [0.15, 0.2) is 89.6 Å². The third-order valence-electron chi connectivity index (χ3n) is 6.24. The van der Waals surface area contributed by atoms with Gasteiger partial charge in [-0.3, -0.25) is 6.08 Å². The summed E-state index contributed by atoms with van der Waals surface area (Å²) in [5.74, 6) is 0.487. The maximum absolute atomic E-state index is 3.87. The summed E-state index contributed by atoms with van der Waals surface area (Å²) in [6.07, 6.45) is 7.19. The van der Waals surface area contributed by atoms with Gasteiger partial charge in [-0.1, -0.05) is 109 Å². The molecule has 0 bridgehead atoms. The van der Waals surface area contributed by atoms with Crippen molar-refractivity contribution in [2.75, 3.05) is 0 Å². The predicted octanol–water partition coefficient (Wildman–Crippen LogP) is 6.60. The van der Waals surface area contributed by atoms with Gasteiger partial charge in [0, 0.05) is 21.7 Å².